The van der Waals surface area contributed by atoms with Gasteiger partial charge in [0.25, 0.3) is 0 Å². The van der Waals surface area contributed by atoms with Crippen molar-refractivity contribution in [2.45, 2.75) is 0 Å². The Morgan fingerprint density at radius 1 is 0.591 bits per heavy atom. The molecule has 106 valence electrons. The van der Waals surface area contributed by atoms with E-state index < -0.39 is 0 Å². The van der Waals surface area contributed by atoms with Gasteiger partial charge in [-0.1, -0.05) is 62.2 Å². The van der Waals surface area contributed by atoms with Gasteiger partial charge in [0.1, 0.15) is 0 Å². The molecule has 22 heavy (non-hydrogen) atoms. The predicted octanol–water partition coefficient (Wildman–Crippen LogP) is 5.14. The smallest absolute Gasteiger partial charge is 0.195 e. The van der Waals surface area contributed by atoms with Gasteiger partial charge in [0, 0.05) is 31.2 Å². The Bertz CT molecular complexity index is 990. The van der Waals surface area contributed by atoms with Gasteiger partial charge in [0.05, 0.1) is 0 Å². The molecule has 3 aromatic carbocycles. The molecule has 0 spiro atoms. The minimum Gasteiger partial charge on any atom is -0.289 e. The van der Waals surface area contributed by atoms with Gasteiger partial charge in [-0.25, -0.2) is 0 Å². The number of benzene rings is 3. The Hall–Kier alpha value is -1.78. The maximum atomic E-state index is 12.9. The van der Waals surface area contributed by atoms with E-state index in [1.807, 2.05) is 24.3 Å². The minimum absolute atomic E-state index is 0.102. The third-order valence-electron chi connectivity index (χ3n) is 3.97. The Balaban J connectivity index is 2.14. The van der Waals surface area contributed by atoms with Crippen molar-refractivity contribution in [3.63, 3.8) is 0 Å². The molecule has 0 bridgehead atoms. The third kappa shape index (κ3) is 1.77. The molecular weight excluding hydrogens is 408 g/mol. The Labute approximate surface area is 143 Å². The summed E-state index contributed by atoms with van der Waals surface area (Å²) in [5, 5.41) is 1.73. The fraction of sp³-hybridized carbons (Fsp3) is 0. The van der Waals surface area contributed by atoms with E-state index in [0.717, 1.165) is 15.2 Å². The summed E-state index contributed by atoms with van der Waals surface area (Å²) in [6.07, 6.45) is 0. The topological polar surface area (TPSA) is 34.1 Å². The summed E-state index contributed by atoms with van der Waals surface area (Å²) in [6, 6.07) is 14.6. The molecular formula is C18H8Br2O2. The van der Waals surface area contributed by atoms with Crippen LogP contribution in [0.1, 0.15) is 31.8 Å². The number of carbonyl (C=O) groups excluding carboxylic acids is 2. The number of rotatable bonds is 0. The van der Waals surface area contributed by atoms with E-state index in [0.29, 0.717) is 26.7 Å². The summed E-state index contributed by atoms with van der Waals surface area (Å²) in [6.45, 7) is 0. The quantitative estimate of drug-likeness (QED) is 0.398. The standard InChI is InChI=1S/C18H8Br2O2/c19-13-5-1-3-10-9(13)7-8-12-15(10)17(21)11-4-2-6-14(20)16(11)18(12)22/h1-8H. The second-order valence-corrected chi connectivity index (χ2v) is 6.85. The first-order valence-corrected chi connectivity index (χ1v) is 8.27. The zero-order valence-corrected chi connectivity index (χ0v) is 14.4. The van der Waals surface area contributed by atoms with Crippen LogP contribution in [0.2, 0.25) is 0 Å². The molecule has 0 atom stereocenters. The van der Waals surface area contributed by atoms with Crippen LogP contribution in [-0.2, 0) is 0 Å². The van der Waals surface area contributed by atoms with Gasteiger partial charge in [-0.05, 0) is 29.0 Å². The van der Waals surface area contributed by atoms with Crippen LogP contribution < -0.4 is 0 Å². The molecule has 1 aliphatic rings. The first-order valence-electron chi connectivity index (χ1n) is 6.68. The van der Waals surface area contributed by atoms with E-state index in [2.05, 4.69) is 31.9 Å². The summed E-state index contributed by atoms with van der Waals surface area (Å²) >= 11 is 6.88. The maximum absolute atomic E-state index is 12.9. The number of hydrogen-bond donors (Lipinski definition) is 0. The lowest BCUT2D eigenvalue weighted by molar-refractivity contribution is 0.0980. The van der Waals surface area contributed by atoms with Crippen molar-refractivity contribution in [1.29, 1.82) is 0 Å². The molecule has 0 saturated heterocycles. The molecule has 0 saturated carbocycles. The summed E-state index contributed by atoms with van der Waals surface area (Å²) in [7, 11) is 0. The third-order valence-corrected chi connectivity index (χ3v) is 5.32. The van der Waals surface area contributed by atoms with Gasteiger partial charge in [-0.15, -0.1) is 0 Å². The number of carbonyl (C=O) groups is 2. The van der Waals surface area contributed by atoms with Gasteiger partial charge < -0.3 is 0 Å². The summed E-state index contributed by atoms with van der Waals surface area (Å²) in [5.74, 6) is -0.214. The van der Waals surface area contributed by atoms with Crippen LogP contribution in [0.15, 0.2) is 57.5 Å². The van der Waals surface area contributed by atoms with Gasteiger partial charge in [0.15, 0.2) is 11.6 Å². The van der Waals surface area contributed by atoms with E-state index >= 15 is 0 Å². The lowest BCUT2D eigenvalue weighted by Gasteiger charge is -2.20. The maximum Gasteiger partial charge on any atom is 0.195 e. The van der Waals surface area contributed by atoms with E-state index in [1.54, 1.807) is 24.3 Å². The van der Waals surface area contributed by atoms with Crippen LogP contribution in [-0.4, -0.2) is 11.6 Å². The number of halogens is 2. The lowest BCUT2D eigenvalue weighted by atomic mass is 9.82. The molecule has 0 N–H and O–H groups in total. The molecule has 0 unspecified atom stereocenters. The van der Waals surface area contributed by atoms with Crippen molar-refractivity contribution >= 4 is 54.2 Å². The van der Waals surface area contributed by atoms with E-state index in [9.17, 15) is 9.59 Å². The second kappa shape index (κ2) is 4.86. The fourth-order valence-electron chi connectivity index (χ4n) is 2.97. The van der Waals surface area contributed by atoms with Crippen molar-refractivity contribution in [2.75, 3.05) is 0 Å². The van der Waals surface area contributed by atoms with Crippen molar-refractivity contribution < 1.29 is 9.59 Å². The first kappa shape index (κ1) is 13.9. The molecule has 1 aliphatic carbocycles. The average Bonchev–Trinajstić information content (AvgIpc) is 2.52. The van der Waals surface area contributed by atoms with Crippen LogP contribution in [0.4, 0.5) is 0 Å². The van der Waals surface area contributed by atoms with Gasteiger partial charge in [-0.2, -0.15) is 0 Å². The number of fused-ring (bicyclic) bond motifs is 4. The van der Waals surface area contributed by atoms with Gasteiger partial charge in [0.2, 0.25) is 0 Å². The summed E-state index contributed by atoms with van der Waals surface area (Å²) < 4.78 is 1.57. The highest BCUT2D eigenvalue weighted by atomic mass is 79.9. The monoisotopic (exact) mass is 414 g/mol. The lowest BCUT2D eigenvalue weighted by Crippen LogP contribution is -2.21. The van der Waals surface area contributed by atoms with Crippen molar-refractivity contribution in [2.24, 2.45) is 0 Å². The molecule has 0 heterocycles. The Morgan fingerprint density at radius 2 is 1.23 bits per heavy atom. The first-order chi connectivity index (χ1) is 10.6. The van der Waals surface area contributed by atoms with Crippen molar-refractivity contribution in [1.82, 2.24) is 0 Å². The minimum atomic E-state index is -0.112. The summed E-state index contributed by atoms with van der Waals surface area (Å²) in [5.41, 5.74) is 1.87. The molecule has 4 rings (SSSR count). The average molecular weight is 416 g/mol. The molecule has 0 amide bonds. The molecule has 3 aromatic rings. The SMILES string of the molecule is O=C1c2ccc3c(Br)cccc3c2C(=O)c2cccc(Br)c21. The molecule has 4 heteroatoms. The van der Waals surface area contributed by atoms with Crippen LogP contribution in [0.5, 0.6) is 0 Å². The zero-order chi connectivity index (χ0) is 15.4. The zero-order valence-electron chi connectivity index (χ0n) is 11.2. The van der Waals surface area contributed by atoms with Crippen LogP contribution in [0.25, 0.3) is 10.8 Å². The van der Waals surface area contributed by atoms with Gasteiger partial charge >= 0.3 is 0 Å². The number of ketones is 2. The van der Waals surface area contributed by atoms with Gasteiger partial charge in [-0.3, -0.25) is 9.59 Å². The highest BCUT2D eigenvalue weighted by Gasteiger charge is 2.32. The van der Waals surface area contributed by atoms with Crippen molar-refractivity contribution in [3.05, 3.63) is 79.7 Å². The molecule has 0 aliphatic heterocycles. The Morgan fingerprint density at radius 3 is 2.05 bits per heavy atom. The Kier molecular flexibility index (Phi) is 3.06. The fourth-order valence-corrected chi connectivity index (χ4v) is 4.01. The highest BCUT2D eigenvalue weighted by molar-refractivity contribution is 9.11. The number of hydrogen-bond acceptors (Lipinski definition) is 2. The largest absolute Gasteiger partial charge is 0.289 e. The molecule has 0 radical (unpaired) electrons. The summed E-state index contributed by atoms with van der Waals surface area (Å²) in [4.78, 5) is 25.8. The van der Waals surface area contributed by atoms with E-state index in [-0.39, 0.29) is 11.6 Å². The predicted molar refractivity (Wildman–Crippen MR) is 92.7 cm³/mol. The van der Waals surface area contributed by atoms with Crippen LogP contribution >= 0.6 is 31.9 Å². The van der Waals surface area contributed by atoms with Crippen LogP contribution in [0.3, 0.4) is 0 Å². The van der Waals surface area contributed by atoms with Crippen molar-refractivity contribution in [3.8, 4) is 0 Å². The van der Waals surface area contributed by atoms with E-state index in [1.165, 1.54) is 0 Å². The second-order valence-electron chi connectivity index (χ2n) is 5.14. The van der Waals surface area contributed by atoms with Crippen LogP contribution in [0, 0.1) is 0 Å². The molecule has 2 nitrogen and oxygen atoms in total. The molecule has 0 fully saturated rings. The molecule has 0 aromatic heterocycles. The highest BCUT2D eigenvalue weighted by Crippen LogP contribution is 2.37. The van der Waals surface area contributed by atoms with E-state index in [4.69, 9.17) is 0 Å². The normalized spacial score (nSPS) is 13.2.